The Morgan fingerprint density at radius 1 is 1.06 bits per heavy atom. The second-order valence-corrected chi connectivity index (χ2v) is 5.35. The van der Waals surface area contributed by atoms with E-state index < -0.39 is 19.1 Å². The van der Waals surface area contributed by atoms with E-state index in [1.807, 2.05) is 0 Å². The molecule has 0 fully saturated rings. The highest BCUT2D eigenvalue weighted by Crippen LogP contribution is 2.16. The molecule has 2 nitrogen and oxygen atoms in total. The number of rotatable bonds is 8. The van der Waals surface area contributed by atoms with Gasteiger partial charge in [-0.1, -0.05) is 27.7 Å². The third-order valence-corrected chi connectivity index (χ3v) is 2.39. The van der Waals surface area contributed by atoms with Gasteiger partial charge in [0.25, 0.3) is 5.92 Å². The molecule has 0 unspecified atom stereocenters. The number of alkyl halides is 2. The Morgan fingerprint density at radius 2 is 1.50 bits per heavy atom. The van der Waals surface area contributed by atoms with Gasteiger partial charge in [0.15, 0.2) is 0 Å². The fourth-order valence-electron chi connectivity index (χ4n) is 1.75. The first-order chi connectivity index (χ1) is 7.26. The molecule has 0 heterocycles. The van der Waals surface area contributed by atoms with Gasteiger partial charge < -0.3 is 10.4 Å². The number of aliphatic hydroxyl groups is 1. The minimum absolute atomic E-state index is 0.109. The van der Waals surface area contributed by atoms with Crippen LogP contribution in [0.4, 0.5) is 8.78 Å². The van der Waals surface area contributed by atoms with Crippen molar-refractivity contribution >= 4 is 0 Å². The van der Waals surface area contributed by atoms with Crippen molar-refractivity contribution in [2.45, 2.75) is 52.5 Å². The molecular weight excluding hydrogens is 212 g/mol. The van der Waals surface area contributed by atoms with Crippen LogP contribution in [-0.4, -0.2) is 30.2 Å². The number of nitrogens with one attached hydrogen (secondary N) is 1. The zero-order valence-corrected chi connectivity index (χ0v) is 10.8. The standard InChI is InChI=1S/C12H25F2NO/c1-9(2)5-11(6-10(3)4)15-7-12(13,14)8-16/h9-11,15-16H,5-8H2,1-4H3. The first kappa shape index (κ1) is 15.8. The van der Waals surface area contributed by atoms with Crippen molar-refractivity contribution < 1.29 is 13.9 Å². The number of hydrogen-bond donors (Lipinski definition) is 2. The van der Waals surface area contributed by atoms with E-state index in [4.69, 9.17) is 5.11 Å². The lowest BCUT2D eigenvalue weighted by atomic mass is 9.95. The molecule has 16 heavy (non-hydrogen) atoms. The van der Waals surface area contributed by atoms with Crippen LogP contribution < -0.4 is 5.32 Å². The highest BCUT2D eigenvalue weighted by molar-refractivity contribution is 4.75. The van der Waals surface area contributed by atoms with E-state index in [2.05, 4.69) is 33.0 Å². The molecule has 0 radical (unpaired) electrons. The van der Waals surface area contributed by atoms with Gasteiger partial charge in [-0.2, -0.15) is 0 Å². The first-order valence-electron chi connectivity index (χ1n) is 5.99. The van der Waals surface area contributed by atoms with E-state index in [0.717, 1.165) is 12.8 Å². The Kier molecular flexibility index (Phi) is 7.07. The Bertz CT molecular complexity index is 174. The molecule has 2 N–H and O–H groups in total. The van der Waals surface area contributed by atoms with Crippen LogP contribution in [0, 0.1) is 11.8 Å². The van der Waals surface area contributed by atoms with E-state index in [0.29, 0.717) is 11.8 Å². The van der Waals surface area contributed by atoms with Gasteiger partial charge in [-0.25, -0.2) is 8.78 Å². The van der Waals surface area contributed by atoms with Gasteiger partial charge in [0, 0.05) is 6.04 Å². The lowest BCUT2D eigenvalue weighted by molar-refractivity contribution is -0.0500. The van der Waals surface area contributed by atoms with Gasteiger partial charge in [0.2, 0.25) is 0 Å². The summed E-state index contributed by atoms with van der Waals surface area (Å²) in [6, 6.07) is 0.109. The van der Waals surface area contributed by atoms with Gasteiger partial charge >= 0.3 is 0 Å². The second kappa shape index (κ2) is 7.17. The maximum absolute atomic E-state index is 12.9. The fraction of sp³-hybridized carbons (Fsp3) is 1.00. The molecular formula is C12H25F2NO. The number of hydrogen-bond acceptors (Lipinski definition) is 2. The molecule has 0 spiro atoms. The Hall–Kier alpha value is -0.220. The molecule has 0 aliphatic carbocycles. The first-order valence-corrected chi connectivity index (χ1v) is 5.99. The van der Waals surface area contributed by atoms with Gasteiger partial charge in [-0.15, -0.1) is 0 Å². The van der Waals surface area contributed by atoms with Crippen LogP contribution >= 0.6 is 0 Å². The van der Waals surface area contributed by atoms with Gasteiger partial charge in [-0.3, -0.25) is 0 Å². The molecule has 0 rings (SSSR count). The van der Waals surface area contributed by atoms with E-state index >= 15 is 0 Å². The number of halogens is 2. The van der Waals surface area contributed by atoms with Crippen molar-refractivity contribution in [3.8, 4) is 0 Å². The molecule has 0 aromatic rings. The quantitative estimate of drug-likeness (QED) is 0.680. The van der Waals surface area contributed by atoms with Crippen molar-refractivity contribution in [2.24, 2.45) is 11.8 Å². The summed E-state index contributed by atoms with van der Waals surface area (Å²) in [5.41, 5.74) is 0. The number of aliphatic hydroxyl groups excluding tert-OH is 1. The summed E-state index contributed by atoms with van der Waals surface area (Å²) in [4.78, 5) is 0. The maximum Gasteiger partial charge on any atom is 0.282 e. The SMILES string of the molecule is CC(C)CC(CC(C)C)NCC(F)(F)CO. The molecule has 0 saturated carbocycles. The van der Waals surface area contributed by atoms with Crippen molar-refractivity contribution in [1.82, 2.24) is 5.32 Å². The topological polar surface area (TPSA) is 32.3 Å². The summed E-state index contributed by atoms with van der Waals surface area (Å²) < 4.78 is 25.8. The molecule has 0 aromatic heterocycles. The van der Waals surface area contributed by atoms with E-state index in [1.54, 1.807) is 0 Å². The highest BCUT2D eigenvalue weighted by atomic mass is 19.3. The normalized spacial score (nSPS) is 13.1. The lowest BCUT2D eigenvalue weighted by Gasteiger charge is -2.24. The van der Waals surface area contributed by atoms with Crippen LogP contribution in [0.2, 0.25) is 0 Å². The molecule has 0 atom stereocenters. The third-order valence-electron chi connectivity index (χ3n) is 2.39. The molecule has 98 valence electrons. The van der Waals surface area contributed by atoms with Crippen LogP contribution in [0.5, 0.6) is 0 Å². The van der Waals surface area contributed by atoms with Crippen molar-refractivity contribution in [1.29, 1.82) is 0 Å². The van der Waals surface area contributed by atoms with Crippen LogP contribution in [-0.2, 0) is 0 Å². The Balaban J connectivity index is 4.10. The molecule has 0 saturated heterocycles. The van der Waals surface area contributed by atoms with Crippen LogP contribution in [0.15, 0.2) is 0 Å². The van der Waals surface area contributed by atoms with Gasteiger partial charge in [-0.05, 0) is 24.7 Å². The van der Waals surface area contributed by atoms with Gasteiger partial charge in [0.05, 0.1) is 6.54 Å². The largest absolute Gasteiger partial charge is 0.390 e. The van der Waals surface area contributed by atoms with Crippen molar-refractivity contribution in [3.63, 3.8) is 0 Å². The molecule has 0 aromatic carbocycles. The summed E-state index contributed by atoms with van der Waals surface area (Å²) in [6.45, 7) is 6.81. The lowest BCUT2D eigenvalue weighted by Crippen LogP contribution is -2.42. The highest BCUT2D eigenvalue weighted by Gasteiger charge is 2.28. The zero-order chi connectivity index (χ0) is 12.8. The van der Waals surface area contributed by atoms with E-state index in [1.165, 1.54) is 0 Å². The average molecular weight is 237 g/mol. The maximum atomic E-state index is 12.9. The van der Waals surface area contributed by atoms with Crippen LogP contribution in [0.3, 0.4) is 0 Å². The molecule has 0 aliphatic heterocycles. The van der Waals surface area contributed by atoms with Crippen molar-refractivity contribution in [2.75, 3.05) is 13.2 Å². The minimum Gasteiger partial charge on any atom is -0.390 e. The smallest absolute Gasteiger partial charge is 0.282 e. The van der Waals surface area contributed by atoms with E-state index in [-0.39, 0.29) is 6.04 Å². The van der Waals surface area contributed by atoms with Crippen LogP contribution in [0.1, 0.15) is 40.5 Å². The average Bonchev–Trinajstić information content (AvgIpc) is 2.13. The summed E-state index contributed by atoms with van der Waals surface area (Å²) >= 11 is 0. The molecule has 0 aliphatic rings. The monoisotopic (exact) mass is 237 g/mol. The van der Waals surface area contributed by atoms with Crippen LogP contribution in [0.25, 0.3) is 0 Å². The third kappa shape index (κ3) is 7.99. The predicted octanol–water partition coefficient (Wildman–Crippen LogP) is 2.66. The molecule has 4 heteroatoms. The summed E-state index contributed by atoms with van der Waals surface area (Å²) in [5, 5.41) is 11.3. The Labute approximate surface area is 97.4 Å². The van der Waals surface area contributed by atoms with Crippen molar-refractivity contribution in [3.05, 3.63) is 0 Å². The van der Waals surface area contributed by atoms with E-state index in [9.17, 15) is 8.78 Å². The fourth-order valence-corrected chi connectivity index (χ4v) is 1.75. The molecule has 0 bridgehead atoms. The minimum atomic E-state index is -3.01. The Morgan fingerprint density at radius 3 is 1.81 bits per heavy atom. The summed E-state index contributed by atoms with van der Waals surface area (Å²) in [6.07, 6.45) is 1.78. The summed E-state index contributed by atoms with van der Waals surface area (Å²) in [5.74, 6) is -2.04. The van der Waals surface area contributed by atoms with Gasteiger partial charge in [0.1, 0.15) is 6.61 Å². The predicted molar refractivity (Wildman–Crippen MR) is 62.7 cm³/mol. The zero-order valence-electron chi connectivity index (χ0n) is 10.8. The summed E-state index contributed by atoms with van der Waals surface area (Å²) in [7, 11) is 0. The molecule has 0 amide bonds. The second-order valence-electron chi connectivity index (χ2n) is 5.35.